The van der Waals surface area contributed by atoms with Crippen LogP contribution in [-0.4, -0.2) is 43.9 Å². The van der Waals surface area contributed by atoms with Crippen molar-refractivity contribution in [1.29, 1.82) is 0 Å². The summed E-state index contributed by atoms with van der Waals surface area (Å²) in [5.41, 5.74) is 6.53. The van der Waals surface area contributed by atoms with E-state index in [4.69, 9.17) is 10.5 Å². The number of hydrogen-bond acceptors (Lipinski definition) is 5. The van der Waals surface area contributed by atoms with Crippen LogP contribution in [0.25, 0.3) is 0 Å². The molecule has 0 bridgehead atoms. The molecule has 1 aliphatic carbocycles. The van der Waals surface area contributed by atoms with Gasteiger partial charge in [0.15, 0.2) is 0 Å². The molecule has 2 N–H and O–H groups in total. The van der Waals surface area contributed by atoms with E-state index in [2.05, 4.69) is 4.98 Å². The first-order valence-electron chi connectivity index (χ1n) is 7.14. The first-order chi connectivity index (χ1) is 9.86. The number of ether oxygens (including phenoxy) is 1. The van der Waals surface area contributed by atoms with Crippen molar-refractivity contribution in [1.82, 2.24) is 9.29 Å². The number of pyridine rings is 1. The van der Waals surface area contributed by atoms with Gasteiger partial charge in [-0.1, -0.05) is 0 Å². The molecule has 2 fully saturated rings. The van der Waals surface area contributed by atoms with Crippen LogP contribution in [0.1, 0.15) is 25.0 Å². The summed E-state index contributed by atoms with van der Waals surface area (Å²) >= 11 is 0. The molecule has 1 aromatic rings. The standard InChI is InChI=1S/C14H21N3O3S/c1-10-12(3-4-13(16-10)20-2)21(18,19)17-8-14(9-17)6-5-11(15)7-14/h3-4,11H,5-9,15H2,1-2H3. The number of aryl methyl sites for hydroxylation is 1. The molecule has 0 aromatic carbocycles. The molecule has 6 nitrogen and oxygen atoms in total. The van der Waals surface area contributed by atoms with Crippen LogP contribution in [0.2, 0.25) is 0 Å². The number of nitrogens with two attached hydrogens (primary N) is 1. The van der Waals surface area contributed by atoms with Crippen LogP contribution in [-0.2, 0) is 10.0 Å². The third-order valence-corrected chi connectivity index (χ3v) is 6.53. The van der Waals surface area contributed by atoms with Crippen LogP contribution in [0.15, 0.2) is 17.0 Å². The largest absolute Gasteiger partial charge is 0.481 e. The third kappa shape index (κ3) is 2.43. The summed E-state index contributed by atoms with van der Waals surface area (Å²) in [5.74, 6) is 0.424. The van der Waals surface area contributed by atoms with E-state index >= 15 is 0 Å². The molecule has 2 heterocycles. The fourth-order valence-electron chi connectivity index (χ4n) is 3.46. The van der Waals surface area contributed by atoms with Crippen LogP contribution in [0, 0.1) is 12.3 Å². The molecule has 1 aromatic heterocycles. The van der Waals surface area contributed by atoms with Gasteiger partial charge in [0.2, 0.25) is 15.9 Å². The first kappa shape index (κ1) is 14.7. The van der Waals surface area contributed by atoms with Gasteiger partial charge in [0.05, 0.1) is 12.8 Å². The lowest BCUT2D eigenvalue weighted by Crippen LogP contribution is -2.57. The van der Waals surface area contributed by atoms with Crippen molar-refractivity contribution in [3.63, 3.8) is 0 Å². The molecule has 116 valence electrons. The van der Waals surface area contributed by atoms with Crippen molar-refractivity contribution < 1.29 is 13.2 Å². The molecule has 1 spiro atoms. The lowest BCUT2D eigenvalue weighted by atomic mass is 9.80. The van der Waals surface area contributed by atoms with Crippen LogP contribution in [0.5, 0.6) is 5.88 Å². The van der Waals surface area contributed by atoms with Crippen LogP contribution in [0.4, 0.5) is 0 Å². The minimum Gasteiger partial charge on any atom is -0.481 e. The van der Waals surface area contributed by atoms with Crippen molar-refractivity contribution in [3.8, 4) is 5.88 Å². The van der Waals surface area contributed by atoms with Gasteiger partial charge in [0, 0.05) is 25.2 Å². The average Bonchev–Trinajstić information content (AvgIpc) is 2.79. The fraction of sp³-hybridized carbons (Fsp3) is 0.643. The Labute approximate surface area is 125 Å². The van der Waals surface area contributed by atoms with Crippen LogP contribution >= 0.6 is 0 Å². The minimum atomic E-state index is -3.46. The molecule has 1 saturated carbocycles. The van der Waals surface area contributed by atoms with Gasteiger partial charge in [-0.05, 0) is 37.7 Å². The highest BCUT2D eigenvalue weighted by Gasteiger charge is 2.51. The second kappa shape index (κ2) is 4.93. The molecule has 21 heavy (non-hydrogen) atoms. The molecule has 2 aliphatic rings. The second-order valence-electron chi connectivity index (χ2n) is 6.21. The van der Waals surface area contributed by atoms with E-state index in [-0.39, 0.29) is 16.4 Å². The fourth-order valence-corrected chi connectivity index (χ4v) is 5.29. The average molecular weight is 311 g/mol. The van der Waals surface area contributed by atoms with Crippen LogP contribution < -0.4 is 10.5 Å². The Morgan fingerprint density at radius 1 is 1.43 bits per heavy atom. The van der Waals surface area contributed by atoms with Crippen molar-refractivity contribution >= 4 is 10.0 Å². The molecule has 7 heteroatoms. The molecular formula is C14H21N3O3S. The number of methoxy groups -OCH3 is 1. The number of nitrogens with zero attached hydrogens (tertiary/aromatic N) is 2. The van der Waals surface area contributed by atoms with Gasteiger partial charge in [-0.2, -0.15) is 4.31 Å². The van der Waals surface area contributed by atoms with Gasteiger partial charge in [0.25, 0.3) is 0 Å². The van der Waals surface area contributed by atoms with E-state index in [0.717, 1.165) is 19.3 Å². The monoisotopic (exact) mass is 311 g/mol. The van der Waals surface area contributed by atoms with E-state index in [1.807, 2.05) is 0 Å². The van der Waals surface area contributed by atoms with E-state index in [1.54, 1.807) is 23.4 Å². The number of rotatable bonds is 3. The summed E-state index contributed by atoms with van der Waals surface area (Å²) in [7, 11) is -1.95. The smallest absolute Gasteiger partial charge is 0.244 e. The minimum absolute atomic E-state index is 0.111. The maximum absolute atomic E-state index is 12.7. The van der Waals surface area contributed by atoms with E-state index in [0.29, 0.717) is 24.7 Å². The Hall–Kier alpha value is -1.18. The third-order valence-electron chi connectivity index (χ3n) is 4.60. The van der Waals surface area contributed by atoms with Gasteiger partial charge in [-0.15, -0.1) is 0 Å². The number of aromatic nitrogens is 1. The maximum atomic E-state index is 12.7. The van der Waals surface area contributed by atoms with E-state index < -0.39 is 10.0 Å². The van der Waals surface area contributed by atoms with Crippen molar-refractivity contribution in [2.24, 2.45) is 11.1 Å². The lowest BCUT2D eigenvalue weighted by molar-refractivity contribution is 0.0762. The summed E-state index contributed by atoms with van der Waals surface area (Å²) in [4.78, 5) is 4.42. The van der Waals surface area contributed by atoms with Crippen molar-refractivity contribution in [3.05, 3.63) is 17.8 Å². The van der Waals surface area contributed by atoms with Gasteiger partial charge in [-0.25, -0.2) is 13.4 Å². The second-order valence-corrected chi connectivity index (χ2v) is 8.12. The molecule has 0 radical (unpaired) electrons. The first-order valence-corrected chi connectivity index (χ1v) is 8.58. The predicted octanol–water partition coefficient (Wildman–Crippen LogP) is 0.901. The number of sulfonamides is 1. The molecular weight excluding hydrogens is 290 g/mol. The van der Waals surface area contributed by atoms with Gasteiger partial charge < -0.3 is 10.5 Å². The quantitative estimate of drug-likeness (QED) is 0.896. The zero-order valence-electron chi connectivity index (χ0n) is 12.4. The van der Waals surface area contributed by atoms with Gasteiger partial charge in [-0.3, -0.25) is 0 Å². The highest BCUT2D eigenvalue weighted by molar-refractivity contribution is 7.89. The predicted molar refractivity (Wildman–Crippen MR) is 78.5 cm³/mol. The molecule has 3 rings (SSSR count). The topological polar surface area (TPSA) is 85.5 Å². The van der Waals surface area contributed by atoms with E-state index in [9.17, 15) is 8.42 Å². The van der Waals surface area contributed by atoms with Crippen LogP contribution in [0.3, 0.4) is 0 Å². The Balaban J connectivity index is 1.80. The Bertz CT molecular complexity index is 653. The van der Waals surface area contributed by atoms with Crippen molar-refractivity contribution in [2.75, 3.05) is 20.2 Å². The molecule has 1 atom stereocenters. The Morgan fingerprint density at radius 3 is 2.67 bits per heavy atom. The highest BCUT2D eigenvalue weighted by Crippen LogP contribution is 2.46. The normalized spacial score (nSPS) is 25.0. The summed E-state index contributed by atoms with van der Waals surface area (Å²) in [6.45, 7) is 2.85. The molecule has 1 saturated heterocycles. The van der Waals surface area contributed by atoms with Gasteiger partial charge >= 0.3 is 0 Å². The molecule has 0 amide bonds. The zero-order valence-corrected chi connectivity index (χ0v) is 13.2. The maximum Gasteiger partial charge on any atom is 0.244 e. The summed E-state index contributed by atoms with van der Waals surface area (Å²) in [5, 5.41) is 0. The Kier molecular flexibility index (Phi) is 3.46. The SMILES string of the molecule is COc1ccc(S(=O)(=O)N2CC3(CCC(N)C3)C2)c(C)n1. The molecule has 1 aliphatic heterocycles. The van der Waals surface area contributed by atoms with Crippen molar-refractivity contribution in [2.45, 2.75) is 37.1 Å². The summed E-state index contributed by atoms with van der Waals surface area (Å²) < 4.78 is 31.9. The Morgan fingerprint density at radius 2 is 2.14 bits per heavy atom. The highest BCUT2D eigenvalue weighted by atomic mass is 32.2. The molecule has 1 unspecified atom stereocenters. The number of hydrogen-bond donors (Lipinski definition) is 1. The summed E-state index contributed by atoms with van der Waals surface area (Å²) in [6, 6.07) is 3.38. The zero-order chi connectivity index (χ0) is 15.3. The lowest BCUT2D eigenvalue weighted by Gasteiger charge is -2.47. The van der Waals surface area contributed by atoms with E-state index in [1.165, 1.54) is 7.11 Å². The van der Waals surface area contributed by atoms with Gasteiger partial charge in [0.1, 0.15) is 4.90 Å². The summed E-state index contributed by atoms with van der Waals surface area (Å²) in [6.07, 6.45) is 2.95.